The quantitative estimate of drug-likeness (QED) is 0.0526. The number of benzene rings is 6. The molecule has 0 radical (unpaired) electrons. The van der Waals surface area contributed by atoms with Crippen molar-refractivity contribution in [3.05, 3.63) is 218 Å². The Morgan fingerprint density at radius 3 is 1.23 bits per heavy atom. The normalized spacial score (nSPS) is 13.4. The maximum atomic E-state index is 14.7. The van der Waals surface area contributed by atoms with E-state index in [1.54, 1.807) is 47.0 Å². The number of urea groups is 2. The lowest BCUT2D eigenvalue weighted by atomic mass is 9.76. The first kappa shape index (κ1) is 57.8. The summed E-state index contributed by atoms with van der Waals surface area (Å²) in [5.41, 5.74) is -8.85. The number of ketones is 1. The van der Waals surface area contributed by atoms with Gasteiger partial charge in [0.1, 0.15) is 36.4 Å². The molecule has 0 heterocycles. The van der Waals surface area contributed by atoms with E-state index in [2.05, 4.69) is 15.5 Å². The van der Waals surface area contributed by atoms with Crippen LogP contribution in [-0.2, 0) is 36.3 Å². The smallest absolute Gasteiger partial charge is 0.329 e. The number of rotatable bonds is 13. The van der Waals surface area contributed by atoms with Crippen molar-refractivity contribution in [1.82, 2.24) is 21.3 Å². The largest absolute Gasteiger partial charge is 0.419 e. The van der Waals surface area contributed by atoms with Crippen LogP contribution >= 0.6 is 0 Å². The molecular weight excluding hydrogens is 1030 g/mol. The van der Waals surface area contributed by atoms with Crippen LogP contribution in [0.5, 0.6) is 0 Å². The Balaban J connectivity index is 0.000000277. The first-order chi connectivity index (χ1) is 34.8. The Morgan fingerprint density at radius 2 is 0.867 bits per heavy atom. The summed E-state index contributed by atoms with van der Waals surface area (Å²) in [6.07, 6.45) is -20.8. The molecule has 6 aromatic rings. The highest BCUT2D eigenvalue weighted by molar-refractivity contribution is 5.94. The summed E-state index contributed by atoms with van der Waals surface area (Å²) in [6.45, 7) is 4.77. The summed E-state index contributed by atoms with van der Waals surface area (Å²) in [5.74, 6) is -5.89. The average Bonchev–Trinajstić information content (AvgIpc) is 3.31. The zero-order valence-corrected chi connectivity index (χ0v) is 38.2. The molecule has 8 nitrogen and oxygen atoms in total. The predicted octanol–water partition coefficient (Wildman–Crippen LogP) is 13.4. The molecule has 0 aliphatic heterocycles. The highest BCUT2D eigenvalue weighted by atomic mass is 19.4. The predicted molar refractivity (Wildman–Crippen MR) is 239 cm³/mol. The molecule has 6 aromatic carbocycles. The van der Waals surface area contributed by atoms with Crippen molar-refractivity contribution >= 4 is 23.5 Å². The Labute approximate surface area is 415 Å². The van der Waals surface area contributed by atoms with Gasteiger partial charge >= 0.3 is 36.8 Å². The lowest BCUT2D eigenvalue weighted by molar-refractivity contribution is -0.140. The van der Waals surface area contributed by atoms with E-state index < -0.39 is 125 Å². The van der Waals surface area contributed by atoms with Crippen LogP contribution in [0.4, 0.5) is 85.5 Å². The Kier molecular flexibility index (Phi) is 17.7. The van der Waals surface area contributed by atoms with E-state index in [0.717, 1.165) is 55.5 Å². The number of hydrogen-bond acceptors (Lipinski definition) is 3. The van der Waals surface area contributed by atoms with Gasteiger partial charge in [-0.1, -0.05) is 78.9 Å². The molecule has 4 amide bonds. The van der Waals surface area contributed by atoms with Crippen molar-refractivity contribution in [3.63, 3.8) is 0 Å². The van der Waals surface area contributed by atoms with Crippen LogP contribution in [0, 0.1) is 29.8 Å². The van der Waals surface area contributed by atoms with Crippen LogP contribution in [0.25, 0.3) is 4.85 Å². The number of halogens is 16. The first-order valence-electron chi connectivity index (χ1n) is 21.4. The highest BCUT2D eigenvalue weighted by Gasteiger charge is 2.44. The number of carbonyl (C=O) groups excluding carboxylic acids is 3. The van der Waals surface area contributed by atoms with E-state index in [1.165, 1.54) is 24.3 Å². The second-order valence-corrected chi connectivity index (χ2v) is 16.5. The number of nitrogens with zero attached hydrogens (tertiary/aromatic N) is 1. The van der Waals surface area contributed by atoms with Crippen molar-refractivity contribution < 1.29 is 84.6 Å². The molecule has 6 rings (SSSR count). The van der Waals surface area contributed by atoms with Crippen molar-refractivity contribution in [2.75, 3.05) is 13.1 Å². The maximum absolute atomic E-state index is 14.7. The monoisotopic (exact) mass is 1070 g/mol. The molecule has 0 unspecified atom stereocenters. The third kappa shape index (κ3) is 15.5. The fourth-order valence-electron chi connectivity index (χ4n) is 7.70. The van der Waals surface area contributed by atoms with Crippen molar-refractivity contribution in [1.29, 1.82) is 0 Å². The SMILES string of the molecule is CC(=O)c1cc(F)cc([C@](Cc2ccccc2)(NC(=O)NCC(F)(F)F)c2ccc(F)c(C(F)(F)F)c2)c1.[C-]#[N+]c1cc(F)cc([C@](Cc2ccccc2)(NC(=O)NCC(F)(F)F)c2ccc(F)c(C(F)(F)F)c2)c1. The van der Waals surface area contributed by atoms with Gasteiger partial charge in [-0.25, -0.2) is 32.0 Å². The maximum Gasteiger partial charge on any atom is 0.419 e. The van der Waals surface area contributed by atoms with Crippen LogP contribution in [0.2, 0.25) is 0 Å². The molecule has 4 N–H and O–H groups in total. The molecule has 0 saturated carbocycles. The van der Waals surface area contributed by atoms with Crippen LogP contribution in [0.15, 0.2) is 133 Å². The zero-order chi connectivity index (χ0) is 55.7. The van der Waals surface area contributed by atoms with E-state index in [-0.39, 0.29) is 22.4 Å². The second kappa shape index (κ2) is 23.0. The van der Waals surface area contributed by atoms with Crippen molar-refractivity contribution in [3.8, 4) is 0 Å². The van der Waals surface area contributed by atoms with E-state index >= 15 is 0 Å². The molecule has 2 atom stereocenters. The summed E-state index contributed by atoms with van der Waals surface area (Å²) in [4.78, 5) is 40.5. The second-order valence-electron chi connectivity index (χ2n) is 16.5. The summed E-state index contributed by atoms with van der Waals surface area (Å²) < 4.78 is 216. The van der Waals surface area contributed by atoms with Crippen molar-refractivity contribution in [2.45, 2.75) is 55.5 Å². The fourth-order valence-corrected chi connectivity index (χ4v) is 7.70. The molecular formula is C51H37F16N5O3. The van der Waals surface area contributed by atoms with Gasteiger partial charge in [-0.05, 0) is 94.9 Å². The van der Waals surface area contributed by atoms with Crippen molar-refractivity contribution in [2.24, 2.45) is 0 Å². The topological polar surface area (TPSA) is 104 Å². The van der Waals surface area contributed by atoms with Gasteiger partial charge in [-0.2, -0.15) is 52.7 Å². The Hall–Kier alpha value is -8.10. The van der Waals surface area contributed by atoms with Gasteiger partial charge in [-0.3, -0.25) is 4.79 Å². The zero-order valence-electron chi connectivity index (χ0n) is 38.2. The average molecular weight is 1070 g/mol. The Bertz CT molecular complexity index is 3050. The molecule has 0 bridgehead atoms. The summed E-state index contributed by atoms with van der Waals surface area (Å²) >= 11 is 0. The lowest BCUT2D eigenvalue weighted by Gasteiger charge is -2.37. The number of amides is 4. The molecule has 0 fully saturated rings. The first-order valence-corrected chi connectivity index (χ1v) is 21.4. The molecule has 0 aromatic heterocycles. The summed E-state index contributed by atoms with van der Waals surface area (Å²) in [5, 5.41) is 7.67. The summed E-state index contributed by atoms with van der Waals surface area (Å²) in [6, 6.07) is 21.7. The van der Waals surface area contributed by atoms with E-state index in [1.807, 2.05) is 0 Å². The minimum atomic E-state index is -5.18. The fraction of sp³-hybridized carbons (Fsp3) is 0.216. The van der Waals surface area contributed by atoms with Gasteiger partial charge in [0.2, 0.25) is 0 Å². The van der Waals surface area contributed by atoms with Gasteiger partial charge in [0.05, 0.1) is 28.8 Å². The third-order valence-corrected chi connectivity index (χ3v) is 11.0. The molecule has 0 saturated heterocycles. The minimum Gasteiger partial charge on any atom is -0.329 e. The number of nitrogens with one attached hydrogen (secondary N) is 4. The van der Waals surface area contributed by atoms with E-state index in [4.69, 9.17) is 6.57 Å². The number of hydrogen-bond donors (Lipinski definition) is 4. The van der Waals surface area contributed by atoms with E-state index in [0.29, 0.717) is 35.4 Å². The Morgan fingerprint density at radius 1 is 0.480 bits per heavy atom. The molecule has 0 aliphatic rings. The molecule has 0 aliphatic carbocycles. The van der Waals surface area contributed by atoms with Gasteiger partial charge in [-0.15, -0.1) is 0 Å². The number of carbonyl (C=O) groups is 3. The van der Waals surface area contributed by atoms with Crippen LogP contribution in [0.1, 0.15) is 61.8 Å². The standard InChI is InChI=1S/C26H20F8N2O2.C25H17F8N3O/c1-15(37)17-9-19(11-20(27)10-17)24(13-16-5-3-2-4-6-16,36-23(38)35-14-25(29,30)31)18-7-8-22(28)21(12-18)26(32,33)34;1-34-19-10-17(9-18(26)12-19)23(13-15-5-3-2-4-6-15,36-22(37)35-14-24(28,29)30)16-7-8-21(27)20(11-16)25(31,32)33/h2-12H,13-14H2,1H3,(H2,35,36,38);2-12H,13-14H2,(H2,35,36,37)/t24-;23-/m11/s1. The number of Topliss-reactive ketones (excluding diaryl/α,β-unsaturated/α-hetero) is 1. The van der Waals surface area contributed by atoms with Crippen LogP contribution in [0.3, 0.4) is 0 Å². The van der Waals surface area contributed by atoms with Crippen LogP contribution < -0.4 is 21.3 Å². The van der Waals surface area contributed by atoms with Gasteiger partial charge in [0.25, 0.3) is 0 Å². The minimum absolute atomic E-state index is 0.215. The molecule has 0 spiro atoms. The van der Waals surface area contributed by atoms with E-state index in [9.17, 15) is 84.6 Å². The van der Waals surface area contributed by atoms with Gasteiger partial charge in [0, 0.05) is 18.4 Å². The third-order valence-electron chi connectivity index (χ3n) is 11.0. The number of alkyl halides is 12. The van der Waals surface area contributed by atoms with Gasteiger partial charge in [0.15, 0.2) is 11.5 Å². The molecule has 75 heavy (non-hydrogen) atoms. The highest BCUT2D eigenvalue weighted by Crippen LogP contribution is 2.42. The van der Waals surface area contributed by atoms with Gasteiger partial charge < -0.3 is 21.3 Å². The van der Waals surface area contributed by atoms with Crippen LogP contribution in [-0.4, -0.2) is 43.3 Å². The molecule has 396 valence electrons. The molecule has 24 heteroatoms. The summed E-state index contributed by atoms with van der Waals surface area (Å²) in [7, 11) is 0. The lowest BCUT2D eigenvalue weighted by Crippen LogP contribution is -2.53.